The molecule has 1 aromatic carbocycles. The lowest BCUT2D eigenvalue weighted by molar-refractivity contribution is 0.0443. The lowest BCUT2D eigenvalue weighted by atomic mass is 10.1. The first-order chi connectivity index (χ1) is 7.91. The van der Waals surface area contributed by atoms with E-state index in [0.29, 0.717) is 23.2 Å². The number of hydrogen-bond donors (Lipinski definition) is 2. The summed E-state index contributed by atoms with van der Waals surface area (Å²) < 4.78 is 5.79. The maximum absolute atomic E-state index is 11.8. The molecule has 4 nitrogen and oxygen atoms in total. The number of nitrogen functional groups attached to an aromatic ring is 1. The Hall–Kier alpha value is -1.07. The highest BCUT2D eigenvalue weighted by Gasteiger charge is 2.13. The molecule has 1 atom stereocenters. The lowest BCUT2D eigenvalue weighted by Crippen LogP contribution is -2.12. The van der Waals surface area contributed by atoms with Crippen LogP contribution in [-0.4, -0.2) is 23.8 Å². The minimum Gasteiger partial charge on any atom is -0.462 e. The third kappa shape index (κ3) is 4.02. The minimum atomic E-state index is -0.475. The van der Waals surface area contributed by atoms with Gasteiger partial charge >= 0.3 is 5.97 Å². The molecule has 0 spiro atoms. The van der Waals surface area contributed by atoms with Crippen molar-refractivity contribution in [2.75, 3.05) is 12.3 Å². The maximum Gasteiger partial charge on any atom is 0.338 e. The average Bonchev–Trinajstić information content (AvgIpc) is 2.22. The molecular formula is C12H16BrNO3. The molecule has 1 rings (SSSR count). The normalized spacial score (nSPS) is 12.2. The molecule has 3 N–H and O–H groups in total. The summed E-state index contributed by atoms with van der Waals surface area (Å²) >= 11 is 3.28. The van der Waals surface area contributed by atoms with Crippen molar-refractivity contribution in [3.05, 3.63) is 27.7 Å². The highest BCUT2D eigenvalue weighted by atomic mass is 79.9. The third-order valence-corrected chi connectivity index (χ3v) is 2.86. The lowest BCUT2D eigenvalue weighted by Gasteiger charge is -2.10. The fraction of sp³-hybridized carbons (Fsp3) is 0.417. The number of hydrogen-bond acceptors (Lipinski definition) is 4. The second-order valence-corrected chi connectivity index (χ2v) is 4.86. The van der Waals surface area contributed by atoms with E-state index >= 15 is 0 Å². The van der Waals surface area contributed by atoms with E-state index in [1.165, 1.54) is 0 Å². The smallest absolute Gasteiger partial charge is 0.338 e. The van der Waals surface area contributed by atoms with Gasteiger partial charge in [-0.25, -0.2) is 4.79 Å². The summed E-state index contributed by atoms with van der Waals surface area (Å²) in [5, 5.41) is 9.06. The van der Waals surface area contributed by atoms with Crippen LogP contribution in [0.3, 0.4) is 0 Å². The zero-order valence-corrected chi connectivity index (χ0v) is 11.5. The number of rotatable bonds is 4. The molecule has 0 aliphatic carbocycles. The molecule has 0 bridgehead atoms. The maximum atomic E-state index is 11.8. The van der Waals surface area contributed by atoms with E-state index in [1.54, 1.807) is 26.0 Å². The molecular weight excluding hydrogens is 286 g/mol. The fourth-order valence-electron chi connectivity index (χ4n) is 1.31. The summed E-state index contributed by atoms with van der Waals surface area (Å²) in [6, 6.07) is 3.41. The van der Waals surface area contributed by atoms with E-state index in [2.05, 4.69) is 15.9 Å². The molecule has 0 radical (unpaired) electrons. The Kier molecular flexibility index (Phi) is 4.96. The minimum absolute atomic E-state index is 0.197. The van der Waals surface area contributed by atoms with Crippen LogP contribution in [0.2, 0.25) is 0 Å². The van der Waals surface area contributed by atoms with Crippen LogP contribution in [0, 0.1) is 6.92 Å². The Morgan fingerprint density at radius 2 is 2.24 bits per heavy atom. The number of nitrogens with two attached hydrogens (primary N) is 1. The van der Waals surface area contributed by atoms with E-state index in [1.807, 2.05) is 0 Å². The average molecular weight is 302 g/mol. The molecule has 0 aromatic heterocycles. The van der Waals surface area contributed by atoms with Gasteiger partial charge in [-0.3, -0.25) is 0 Å². The predicted molar refractivity (Wildman–Crippen MR) is 69.9 cm³/mol. The molecule has 5 heteroatoms. The van der Waals surface area contributed by atoms with Gasteiger partial charge in [0.15, 0.2) is 0 Å². The molecule has 1 unspecified atom stereocenters. The van der Waals surface area contributed by atoms with Crippen LogP contribution in [0.15, 0.2) is 16.6 Å². The molecule has 0 amide bonds. The van der Waals surface area contributed by atoms with Gasteiger partial charge < -0.3 is 15.6 Å². The summed E-state index contributed by atoms with van der Waals surface area (Å²) in [7, 11) is 0. The van der Waals surface area contributed by atoms with E-state index in [9.17, 15) is 4.79 Å². The Balaban J connectivity index is 2.75. The molecule has 17 heavy (non-hydrogen) atoms. The number of anilines is 1. The molecule has 94 valence electrons. The predicted octanol–water partition coefficient (Wildman–Crippen LogP) is 2.27. The molecule has 0 fully saturated rings. The summed E-state index contributed by atoms with van der Waals surface area (Å²) in [6.07, 6.45) is -0.0506. The third-order valence-electron chi connectivity index (χ3n) is 2.40. The van der Waals surface area contributed by atoms with E-state index in [4.69, 9.17) is 15.6 Å². The van der Waals surface area contributed by atoms with Crippen molar-refractivity contribution in [1.82, 2.24) is 0 Å². The number of esters is 1. The van der Waals surface area contributed by atoms with E-state index in [-0.39, 0.29) is 6.61 Å². The van der Waals surface area contributed by atoms with Crippen LogP contribution in [0.1, 0.15) is 29.3 Å². The largest absolute Gasteiger partial charge is 0.462 e. The monoisotopic (exact) mass is 301 g/mol. The Morgan fingerprint density at radius 3 is 2.82 bits per heavy atom. The number of carbonyl (C=O) groups excluding carboxylic acids is 1. The topological polar surface area (TPSA) is 72.6 Å². The van der Waals surface area contributed by atoms with Gasteiger partial charge in [-0.1, -0.05) is 15.9 Å². The molecule has 0 heterocycles. The van der Waals surface area contributed by atoms with Crippen LogP contribution in [0.25, 0.3) is 0 Å². The first-order valence-corrected chi connectivity index (χ1v) is 6.12. The Morgan fingerprint density at radius 1 is 1.59 bits per heavy atom. The van der Waals surface area contributed by atoms with Crippen molar-refractivity contribution < 1.29 is 14.6 Å². The first-order valence-electron chi connectivity index (χ1n) is 5.32. The Bertz CT molecular complexity index is 418. The van der Waals surface area contributed by atoms with Crippen LogP contribution in [-0.2, 0) is 4.74 Å². The van der Waals surface area contributed by atoms with Gasteiger partial charge in [0.2, 0.25) is 0 Å². The Labute approximate surface area is 109 Å². The summed E-state index contributed by atoms with van der Waals surface area (Å²) in [4.78, 5) is 11.8. The number of ether oxygens (including phenoxy) is 1. The van der Waals surface area contributed by atoms with Gasteiger partial charge in [-0.15, -0.1) is 0 Å². The molecule has 0 aliphatic rings. The SMILES string of the molecule is Cc1c(N)cc(Br)cc1C(=O)OCCC(C)O. The highest BCUT2D eigenvalue weighted by Crippen LogP contribution is 2.23. The zero-order chi connectivity index (χ0) is 13.0. The van der Waals surface area contributed by atoms with Crippen LogP contribution in [0.4, 0.5) is 5.69 Å². The molecule has 0 saturated carbocycles. The van der Waals surface area contributed by atoms with Gasteiger partial charge in [0.1, 0.15) is 0 Å². The summed E-state index contributed by atoms with van der Waals surface area (Å²) in [5.74, 6) is -0.420. The van der Waals surface area contributed by atoms with Crippen molar-refractivity contribution in [3.63, 3.8) is 0 Å². The quantitative estimate of drug-likeness (QED) is 0.661. The van der Waals surface area contributed by atoms with Crippen molar-refractivity contribution in [3.8, 4) is 0 Å². The van der Waals surface area contributed by atoms with Crippen LogP contribution >= 0.6 is 15.9 Å². The standard InChI is InChI=1S/C12H16BrNO3/c1-7(15)3-4-17-12(16)10-5-9(13)6-11(14)8(10)2/h5-7,15H,3-4,14H2,1-2H3. The van der Waals surface area contributed by atoms with Crippen molar-refractivity contribution >= 4 is 27.6 Å². The second-order valence-electron chi connectivity index (χ2n) is 3.94. The van der Waals surface area contributed by atoms with Gasteiger partial charge in [-0.05, 0) is 31.5 Å². The summed E-state index contributed by atoms with van der Waals surface area (Å²) in [6.45, 7) is 3.62. The summed E-state index contributed by atoms with van der Waals surface area (Å²) in [5.41, 5.74) is 7.45. The number of carbonyl (C=O) groups is 1. The number of aliphatic hydroxyl groups is 1. The van der Waals surface area contributed by atoms with Crippen molar-refractivity contribution in [1.29, 1.82) is 0 Å². The fourth-order valence-corrected chi connectivity index (χ4v) is 1.79. The van der Waals surface area contributed by atoms with Gasteiger partial charge in [0.25, 0.3) is 0 Å². The molecule has 1 aromatic rings. The molecule has 0 aliphatic heterocycles. The van der Waals surface area contributed by atoms with Gasteiger partial charge in [0, 0.05) is 16.6 Å². The van der Waals surface area contributed by atoms with E-state index < -0.39 is 12.1 Å². The van der Waals surface area contributed by atoms with E-state index in [0.717, 1.165) is 4.47 Å². The van der Waals surface area contributed by atoms with Crippen LogP contribution < -0.4 is 5.73 Å². The van der Waals surface area contributed by atoms with Crippen molar-refractivity contribution in [2.45, 2.75) is 26.4 Å². The van der Waals surface area contributed by atoms with Crippen molar-refractivity contribution in [2.24, 2.45) is 0 Å². The zero-order valence-electron chi connectivity index (χ0n) is 9.87. The molecule has 0 saturated heterocycles. The van der Waals surface area contributed by atoms with Crippen LogP contribution in [0.5, 0.6) is 0 Å². The van der Waals surface area contributed by atoms with Gasteiger partial charge in [0.05, 0.1) is 18.3 Å². The first kappa shape index (κ1) is 14.0. The highest BCUT2D eigenvalue weighted by molar-refractivity contribution is 9.10. The number of aliphatic hydroxyl groups excluding tert-OH is 1. The number of benzene rings is 1. The number of halogens is 1. The second kappa shape index (κ2) is 6.02. The van der Waals surface area contributed by atoms with Gasteiger partial charge in [-0.2, -0.15) is 0 Å².